The fraction of sp³-hybridized carbons (Fsp3) is 0.125. The zero-order valence-corrected chi connectivity index (χ0v) is 9.75. The van der Waals surface area contributed by atoms with E-state index in [1.807, 2.05) is 0 Å². The van der Waals surface area contributed by atoms with Crippen molar-refractivity contribution in [3.63, 3.8) is 0 Å². The van der Waals surface area contributed by atoms with Gasteiger partial charge >= 0.3 is 5.97 Å². The summed E-state index contributed by atoms with van der Waals surface area (Å²) in [4.78, 5) is 10.6. The molecule has 0 amide bonds. The molecule has 1 unspecified atom stereocenters. The lowest BCUT2D eigenvalue weighted by atomic mass is 10.2. The van der Waals surface area contributed by atoms with Gasteiger partial charge in [0.2, 0.25) is 11.1 Å². The van der Waals surface area contributed by atoms with Crippen LogP contribution in [0.15, 0.2) is 17.0 Å². The lowest BCUT2D eigenvalue weighted by Gasteiger charge is -2.09. The van der Waals surface area contributed by atoms with Gasteiger partial charge in [0.25, 0.3) is 0 Å². The second-order valence-corrected chi connectivity index (χ2v) is 4.15. The Morgan fingerprint density at radius 3 is 2.56 bits per heavy atom. The molecule has 1 aromatic rings. The number of phenolic OH excluding ortho intramolecular Hbond substituents is 1. The van der Waals surface area contributed by atoms with Crippen LogP contribution in [0.25, 0.3) is 0 Å². The summed E-state index contributed by atoms with van der Waals surface area (Å²) in [7, 11) is 1.24. The van der Waals surface area contributed by atoms with Gasteiger partial charge in [0.05, 0.1) is 12.7 Å². The molecule has 0 fully saturated rings. The number of carboxylic acid groups (broad SMARTS) is 1. The summed E-state index contributed by atoms with van der Waals surface area (Å²) in [6, 6.07) is 2.06. The van der Waals surface area contributed by atoms with Gasteiger partial charge in [-0.25, -0.2) is 12.6 Å². The third-order valence-corrected chi connectivity index (χ3v) is 2.94. The molecule has 0 radical (unpaired) electrons. The molecule has 1 aromatic carbocycles. The van der Waals surface area contributed by atoms with Crippen molar-refractivity contribution in [1.29, 1.82) is 0 Å². The van der Waals surface area contributed by atoms with Crippen molar-refractivity contribution in [3.8, 4) is 11.5 Å². The van der Waals surface area contributed by atoms with E-state index < -0.39 is 22.8 Å². The van der Waals surface area contributed by atoms with Crippen molar-refractivity contribution in [1.82, 2.24) is 0 Å². The average Bonchev–Trinajstić information content (AvgIpc) is 2.26. The maximum atomic E-state index is 11.3. The van der Waals surface area contributed by atoms with Crippen molar-refractivity contribution >= 4 is 30.0 Å². The molecule has 0 saturated heterocycles. The van der Waals surface area contributed by atoms with Gasteiger partial charge in [0, 0.05) is 0 Å². The smallest absolute Gasteiger partial charge is 0.335 e. The van der Waals surface area contributed by atoms with Gasteiger partial charge in [0.15, 0.2) is 11.5 Å². The normalized spacial score (nSPS) is 12.1. The van der Waals surface area contributed by atoms with Gasteiger partial charge in [-0.2, -0.15) is 0 Å². The Bertz CT molecular complexity index is 444. The van der Waals surface area contributed by atoms with Crippen LogP contribution in [-0.4, -0.2) is 27.5 Å². The zero-order valence-electron chi connectivity index (χ0n) is 8.04. The summed E-state index contributed by atoms with van der Waals surface area (Å²) >= 11 is 1.33. The highest BCUT2D eigenvalue weighted by molar-refractivity contribution is 7.91. The first-order valence-electron chi connectivity index (χ1n) is 3.89. The number of thiol groups is 1. The molecule has 0 aromatic heterocycles. The molecule has 16 heavy (non-hydrogen) atoms. The highest BCUT2D eigenvalue weighted by Gasteiger charge is 2.19. The molecule has 0 heterocycles. The maximum Gasteiger partial charge on any atom is 0.335 e. The summed E-state index contributed by atoms with van der Waals surface area (Å²) in [6.45, 7) is 0. The van der Waals surface area contributed by atoms with E-state index in [-0.39, 0.29) is 16.2 Å². The number of methoxy groups -OCH3 is 1. The quantitative estimate of drug-likeness (QED) is 0.554. The molecule has 0 aliphatic heterocycles. The number of ether oxygens (including phenoxy) is 1. The third kappa shape index (κ3) is 2.46. The molecule has 0 saturated carbocycles. The molecular formula is C8H8O6S2. The first kappa shape index (κ1) is 12.8. The monoisotopic (exact) mass is 264 g/mol. The van der Waals surface area contributed by atoms with Crippen molar-refractivity contribution in [3.05, 3.63) is 17.7 Å². The van der Waals surface area contributed by atoms with Crippen molar-refractivity contribution < 1.29 is 27.6 Å². The Labute approximate surface area is 99.1 Å². The predicted molar refractivity (Wildman–Crippen MR) is 58.1 cm³/mol. The van der Waals surface area contributed by atoms with Gasteiger partial charge in [0.1, 0.15) is 4.90 Å². The standard InChI is InChI=1S/C8H8O6S2/c1-13-7-5(9)2-4(8(10)11)3-6(7)16(12)14-15/h2-3,9,15H,1H3,(H,10,11). The molecule has 6 nitrogen and oxygen atoms in total. The number of carbonyl (C=O) groups is 1. The number of rotatable bonds is 4. The largest absolute Gasteiger partial charge is 0.504 e. The molecule has 1 atom stereocenters. The van der Waals surface area contributed by atoms with E-state index in [1.54, 1.807) is 0 Å². The van der Waals surface area contributed by atoms with E-state index in [4.69, 9.17) is 9.84 Å². The van der Waals surface area contributed by atoms with Crippen LogP contribution in [0.2, 0.25) is 0 Å². The lowest BCUT2D eigenvalue weighted by Crippen LogP contribution is -2.02. The second kappa shape index (κ2) is 5.19. The zero-order chi connectivity index (χ0) is 12.3. The molecule has 0 bridgehead atoms. The van der Waals surface area contributed by atoms with Crippen LogP contribution < -0.4 is 4.74 Å². The van der Waals surface area contributed by atoms with E-state index in [9.17, 15) is 14.1 Å². The number of carboxylic acids is 1. The van der Waals surface area contributed by atoms with Crippen molar-refractivity contribution in [2.45, 2.75) is 4.90 Å². The highest BCUT2D eigenvalue weighted by Crippen LogP contribution is 2.34. The number of aromatic carboxylic acids is 1. The third-order valence-electron chi connectivity index (χ3n) is 1.73. The number of phenols is 1. The Balaban J connectivity index is 3.42. The van der Waals surface area contributed by atoms with Gasteiger partial charge in [-0.05, 0) is 25.0 Å². The van der Waals surface area contributed by atoms with Gasteiger partial charge < -0.3 is 14.9 Å². The molecule has 0 spiro atoms. The second-order valence-electron chi connectivity index (χ2n) is 2.64. The molecule has 88 valence electrons. The number of hydrogen-bond acceptors (Lipinski definition) is 6. The summed E-state index contributed by atoms with van der Waals surface area (Å²) in [5.41, 5.74) is -0.230. The molecule has 0 aliphatic rings. The molecule has 0 aliphatic carbocycles. The fourth-order valence-corrected chi connectivity index (χ4v) is 1.96. The number of aromatic hydroxyl groups is 1. The van der Waals surface area contributed by atoms with Crippen LogP contribution in [0.4, 0.5) is 0 Å². The SMILES string of the molecule is COc1c(O)cc(C(=O)O)cc1S(=O)OS. The van der Waals surface area contributed by atoms with Gasteiger partial charge in [-0.15, -0.1) is 0 Å². The highest BCUT2D eigenvalue weighted by atomic mass is 32.2. The van der Waals surface area contributed by atoms with Crippen LogP contribution in [0, 0.1) is 0 Å². The van der Waals surface area contributed by atoms with Crippen molar-refractivity contribution in [2.75, 3.05) is 7.11 Å². The molecule has 1 rings (SSSR count). The minimum absolute atomic E-state index is 0.102. The van der Waals surface area contributed by atoms with Crippen molar-refractivity contribution in [2.24, 2.45) is 0 Å². The van der Waals surface area contributed by atoms with Crippen LogP contribution in [0.5, 0.6) is 11.5 Å². The predicted octanol–water partition coefficient (Wildman–Crippen LogP) is 0.983. The molecular weight excluding hydrogens is 256 g/mol. The summed E-state index contributed by atoms with van der Waals surface area (Å²) < 4.78 is 20.4. The minimum atomic E-state index is -2.02. The Morgan fingerprint density at radius 1 is 1.50 bits per heavy atom. The average molecular weight is 264 g/mol. The van der Waals surface area contributed by atoms with Crippen LogP contribution >= 0.6 is 12.9 Å². The first-order chi connectivity index (χ1) is 7.51. The van der Waals surface area contributed by atoms with E-state index in [1.165, 1.54) is 7.11 Å². The molecule has 8 heteroatoms. The summed E-state index contributed by atoms with van der Waals surface area (Å²) in [5.74, 6) is -1.82. The number of hydrogen-bond donors (Lipinski definition) is 3. The fourth-order valence-electron chi connectivity index (χ4n) is 1.08. The van der Waals surface area contributed by atoms with E-state index in [2.05, 4.69) is 16.5 Å². The topological polar surface area (TPSA) is 93.1 Å². The number of benzene rings is 1. The Kier molecular flexibility index (Phi) is 4.16. The Hall–Kier alpha value is -1.25. The van der Waals surface area contributed by atoms with E-state index >= 15 is 0 Å². The van der Waals surface area contributed by atoms with Crippen LogP contribution in [0.1, 0.15) is 10.4 Å². The van der Waals surface area contributed by atoms with Gasteiger partial charge in [-0.1, -0.05) is 0 Å². The minimum Gasteiger partial charge on any atom is -0.504 e. The molecule has 2 N–H and O–H groups in total. The summed E-state index contributed by atoms with van der Waals surface area (Å²) in [6.07, 6.45) is 0. The van der Waals surface area contributed by atoms with Gasteiger partial charge in [-0.3, -0.25) is 0 Å². The lowest BCUT2D eigenvalue weighted by molar-refractivity contribution is 0.0696. The first-order valence-corrected chi connectivity index (χ1v) is 5.33. The van der Waals surface area contributed by atoms with Crippen LogP contribution in [-0.2, 0) is 14.7 Å². The van der Waals surface area contributed by atoms with Crippen LogP contribution in [0.3, 0.4) is 0 Å². The maximum absolute atomic E-state index is 11.3. The Morgan fingerprint density at radius 2 is 2.12 bits per heavy atom. The van der Waals surface area contributed by atoms with E-state index in [0.29, 0.717) is 0 Å². The summed E-state index contributed by atoms with van der Waals surface area (Å²) in [5, 5.41) is 18.2. The van der Waals surface area contributed by atoms with E-state index in [0.717, 1.165) is 12.1 Å².